The Morgan fingerprint density at radius 1 is 0.779 bits per heavy atom. The van der Waals surface area contributed by atoms with Crippen molar-refractivity contribution in [3.8, 4) is 0 Å². The third kappa shape index (κ3) is 18.2. The average molecular weight is 949 g/mol. The van der Waals surface area contributed by atoms with E-state index in [1.54, 1.807) is 6.92 Å². The number of nitrogens with one attached hydrogen (secondary N) is 1. The Labute approximate surface area is 417 Å². The fourth-order valence-electron chi connectivity index (χ4n) is 13.8. The van der Waals surface area contributed by atoms with Gasteiger partial charge < -0.3 is 29.2 Å². The maximum atomic E-state index is 13.1. The monoisotopic (exact) mass is 949 g/mol. The highest BCUT2D eigenvalue weighted by molar-refractivity contribution is 5.80. The second kappa shape index (κ2) is 30.7. The number of hydrogen-bond donors (Lipinski definition) is 1. The van der Waals surface area contributed by atoms with E-state index < -0.39 is 18.1 Å². The molecule has 5 aliphatic rings. The Morgan fingerprint density at radius 2 is 1.51 bits per heavy atom. The third-order valence-corrected chi connectivity index (χ3v) is 17.8. The molecule has 8 nitrogen and oxygen atoms in total. The highest BCUT2D eigenvalue weighted by atomic mass is 16.6. The molecule has 3 saturated carbocycles. The molecule has 4 unspecified atom stereocenters. The van der Waals surface area contributed by atoms with Gasteiger partial charge >= 0.3 is 12.1 Å². The molecule has 0 radical (unpaired) electrons. The van der Waals surface area contributed by atoms with Gasteiger partial charge in [-0.3, -0.25) is 0 Å². The van der Waals surface area contributed by atoms with Crippen molar-refractivity contribution in [2.24, 2.45) is 46.3 Å². The van der Waals surface area contributed by atoms with Crippen LogP contribution < -0.4 is 5.32 Å². The minimum Gasteiger partial charge on any atom is -0.464 e. The number of esters is 1. The average Bonchev–Trinajstić information content (AvgIpc) is 3.68. The number of allylic oxidation sites excluding steroid dienone is 5. The summed E-state index contributed by atoms with van der Waals surface area (Å²) in [5.74, 6) is 4.41. The molecule has 0 aromatic rings. The van der Waals surface area contributed by atoms with Crippen molar-refractivity contribution in [3.63, 3.8) is 0 Å². The molecule has 0 spiro atoms. The van der Waals surface area contributed by atoms with Crippen molar-refractivity contribution in [1.29, 1.82) is 0 Å². The number of amides is 1. The summed E-state index contributed by atoms with van der Waals surface area (Å²) in [7, 11) is 0. The molecule has 0 aromatic carbocycles. The number of ether oxygens (including phenoxy) is 4. The molecule has 1 heterocycles. The Bertz CT molecular complexity index is 1520. The molecular formula is C60H104N2O6. The smallest absolute Gasteiger partial charge is 0.408 e. The molecule has 1 saturated heterocycles. The van der Waals surface area contributed by atoms with Crippen LogP contribution in [-0.4, -0.2) is 81.3 Å². The number of alkyl carbamates (subject to hydrolysis) is 1. The van der Waals surface area contributed by atoms with Gasteiger partial charge in [-0.1, -0.05) is 142 Å². The molecule has 1 N–H and O–H groups in total. The number of hydrogen-bond acceptors (Lipinski definition) is 7. The Kier molecular flexibility index (Phi) is 25.6. The zero-order chi connectivity index (χ0) is 48.6. The number of unbranched alkanes of at least 4 members (excludes halogenated alkanes) is 9. The van der Waals surface area contributed by atoms with Crippen LogP contribution in [0.1, 0.15) is 222 Å². The molecule has 1 amide bonds. The van der Waals surface area contributed by atoms with Crippen molar-refractivity contribution in [1.82, 2.24) is 10.2 Å². The molecule has 68 heavy (non-hydrogen) atoms. The minimum atomic E-state index is -0.781. The van der Waals surface area contributed by atoms with E-state index in [2.05, 4.69) is 82.1 Å². The molecule has 8 heteroatoms. The summed E-state index contributed by atoms with van der Waals surface area (Å²) in [6.45, 7) is 21.7. The molecule has 0 aromatic heterocycles. The number of fused-ring (bicyclic) bond motifs is 5. The van der Waals surface area contributed by atoms with E-state index in [0.717, 1.165) is 93.9 Å². The van der Waals surface area contributed by atoms with Gasteiger partial charge in [0.05, 0.1) is 25.9 Å². The predicted octanol–water partition coefficient (Wildman–Crippen LogP) is 15.1. The van der Waals surface area contributed by atoms with Crippen LogP contribution in [-0.2, 0) is 23.7 Å². The fraction of sp³-hybridized carbons (Fsp3) is 0.867. The summed E-state index contributed by atoms with van der Waals surface area (Å²) in [6.07, 6.45) is 44.1. The van der Waals surface area contributed by atoms with Crippen LogP contribution >= 0.6 is 0 Å². The van der Waals surface area contributed by atoms with Gasteiger partial charge in [0.25, 0.3) is 0 Å². The molecule has 390 valence electrons. The predicted molar refractivity (Wildman–Crippen MR) is 282 cm³/mol. The van der Waals surface area contributed by atoms with E-state index in [1.807, 2.05) is 0 Å². The summed E-state index contributed by atoms with van der Waals surface area (Å²) in [4.78, 5) is 28.6. The normalized spacial score (nSPS) is 28.8. The van der Waals surface area contributed by atoms with Crippen LogP contribution in [0.15, 0.2) is 36.0 Å². The minimum absolute atomic E-state index is 0.00352. The van der Waals surface area contributed by atoms with Gasteiger partial charge in [-0.15, -0.1) is 0 Å². The quantitative estimate of drug-likeness (QED) is 0.0408. The zero-order valence-electron chi connectivity index (χ0n) is 45.0. The summed E-state index contributed by atoms with van der Waals surface area (Å²) in [5, 5.41) is 2.77. The molecule has 4 fully saturated rings. The highest BCUT2D eigenvalue weighted by Crippen LogP contribution is 2.67. The maximum Gasteiger partial charge on any atom is 0.408 e. The molecule has 1 aliphatic heterocycles. The number of rotatable bonds is 32. The SMILES string of the molecule is CCCCCC=CCC=CCCCCCCCCOCC(CN1CCCCC1)OCCCOC(=O)[C@H](C)NC(=O)O[C@H]1CC[C@@]2(C)C(=CCC3C2CC[C@@]2(C)C3CC[C@@H]2[C@H](C)CCCC(C)C)C1. The first-order valence-corrected chi connectivity index (χ1v) is 29.0. The number of nitrogens with zero attached hydrogens (tertiary/aromatic N) is 1. The number of likely N-dealkylation sites (tertiary alicyclic amines) is 1. The third-order valence-electron chi connectivity index (χ3n) is 17.8. The van der Waals surface area contributed by atoms with Gasteiger partial charge in [0.15, 0.2) is 0 Å². The van der Waals surface area contributed by atoms with Gasteiger partial charge in [-0.05, 0) is 163 Å². The topological polar surface area (TPSA) is 86.3 Å². The van der Waals surface area contributed by atoms with E-state index >= 15 is 0 Å². The van der Waals surface area contributed by atoms with Crippen LogP contribution in [0.3, 0.4) is 0 Å². The van der Waals surface area contributed by atoms with Crippen LogP contribution in [0.5, 0.6) is 0 Å². The first kappa shape index (κ1) is 56.8. The van der Waals surface area contributed by atoms with Gasteiger partial charge in [-0.2, -0.15) is 0 Å². The van der Waals surface area contributed by atoms with E-state index in [0.29, 0.717) is 25.0 Å². The summed E-state index contributed by atoms with van der Waals surface area (Å²) in [5.41, 5.74) is 2.19. The maximum absolute atomic E-state index is 13.1. The Morgan fingerprint density at radius 3 is 2.26 bits per heavy atom. The van der Waals surface area contributed by atoms with E-state index in [1.165, 1.54) is 140 Å². The summed E-state index contributed by atoms with van der Waals surface area (Å²) < 4.78 is 24.1. The van der Waals surface area contributed by atoms with E-state index in [9.17, 15) is 9.59 Å². The van der Waals surface area contributed by atoms with Crippen molar-refractivity contribution < 1.29 is 28.5 Å². The van der Waals surface area contributed by atoms with Crippen LogP contribution in [0, 0.1) is 46.3 Å². The fourth-order valence-corrected chi connectivity index (χ4v) is 13.8. The van der Waals surface area contributed by atoms with Crippen molar-refractivity contribution in [2.45, 2.75) is 240 Å². The molecule has 10 atom stereocenters. The second-order valence-corrected chi connectivity index (χ2v) is 23.5. The first-order valence-electron chi connectivity index (χ1n) is 29.0. The van der Waals surface area contributed by atoms with Crippen LogP contribution in [0.2, 0.25) is 0 Å². The summed E-state index contributed by atoms with van der Waals surface area (Å²) >= 11 is 0. The summed E-state index contributed by atoms with van der Waals surface area (Å²) in [6, 6.07) is -0.781. The van der Waals surface area contributed by atoms with Crippen LogP contribution in [0.4, 0.5) is 4.79 Å². The van der Waals surface area contributed by atoms with Gasteiger partial charge in [-0.25, -0.2) is 9.59 Å². The van der Waals surface area contributed by atoms with E-state index in [4.69, 9.17) is 18.9 Å². The van der Waals surface area contributed by atoms with Gasteiger partial charge in [0.1, 0.15) is 12.1 Å². The second-order valence-electron chi connectivity index (χ2n) is 23.5. The Balaban J connectivity index is 0.928. The molecule has 5 rings (SSSR count). The van der Waals surface area contributed by atoms with Crippen molar-refractivity contribution in [2.75, 3.05) is 46.1 Å². The lowest BCUT2D eigenvalue weighted by Crippen LogP contribution is -2.51. The standard InChI is InChI=1S/C60H104N2O6/c1-8-9-10-11-12-13-14-15-16-17-18-19-20-21-22-26-41-65-46-52(45-62-39-24-23-25-40-62)66-42-28-43-67-57(63)49(5)61-58(64)68-51-35-37-59(6)50(44-51)31-32-53-55-34-33-54(48(4)30-27-29-47(2)3)60(55,7)38-36-56(53)59/h12-13,15-16,31,47-49,51-56H,8-11,14,17-30,32-46H2,1-7H3,(H,61,64)/t48-,49+,51+,52?,53?,54-,55?,56?,59+,60-/m1/s1. The lowest BCUT2D eigenvalue weighted by molar-refractivity contribution is -0.146. The van der Waals surface area contributed by atoms with Gasteiger partial charge in [0, 0.05) is 26.0 Å². The lowest BCUT2D eigenvalue weighted by atomic mass is 9.47. The Hall–Kier alpha value is -2.16. The molecule has 4 aliphatic carbocycles. The van der Waals surface area contributed by atoms with Crippen molar-refractivity contribution >= 4 is 12.1 Å². The van der Waals surface area contributed by atoms with Crippen molar-refractivity contribution in [3.05, 3.63) is 36.0 Å². The number of piperidine rings is 1. The molecular weight excluding hydrogens is 845 g/mol. The lowest BCUT2D eigenvalue weighted by Gasteiger charge is -2.58. The highest BCUT2D eigenvalue weighted by Gasteiger charge is 2.59. The number of carbonyl (C=O) groups excluding carboxylic acids is 2. The largest absolute Gasteiger partial charge is 0.464 e. The van der Waals surface area contributed by atoms with E-state index in [-0.39, 0.29) is 24.2 Å². The first-order chi connectivity index (χ1) is 32.9. The van der Waals surface area contributed by atoms with Gasteiger partial charge in [0.2, 0.25) is 0 Å². The molecule has 0 bridgehead atoms. The van der Waals surface area contributed by atoms with Crippen LogP contribution in [0.25, 0.3) is 0 Å². The number of carbonyl (C=O) groups is 2. The zero-order valence-corrected chi connectivity index (χ0v) is 45.0.